The third-order valence-corrected chi connectivity index (χ3v) is 3.72. The smallest absolute Gasteiger partial charge is 0.240 e. The Morgan fingerprint density at radius 3 is 2.76 bits per heavy atom. The van der Waals surface area contributed by atoms with Gasteiger partial charge in [-0.2, -0.15) is 0 Å². The molecule has 0 heterocycles. The molecule has 0 saturated heterocycles. The van der Waals surface area contributed by atoms with Crippen molar-refractivity contribution in [2.45, 2.75) is 24.3 Å². The number of nitrogens with two attached hydrogens (primary N) is 1. The fraction of sp³-hybridized carbons (Fsp3) is 0.300. The van der Waals surface area contributed by atoms with E-state index in [9.17, 15) is 12.8 Å². The highest BCUT2D eigenvalue weighted by Gasteiger charge is 2.18. The molecule has 17 heavy (non-hydrogen) atoms. The Hall–Kier alpha value is -1.05. The van der Waals surface area contributed by atoms with E-state index in [-0.39, 0.29) is 16.3 Å². The van der Waals surface area contributed by atoms with E-state index in [1.54, 1.807) is 6.92 Å². The quantitative estimate of drug-likeness (QED) is 0.792. The Kier molecular flexibility index (Phi) is 4.55. The molecule has 1 atom stereocenters. The first-order valence-corrected chi connectivity index (χ1v) is 6.76. The van der Waals surface area contributed by atoms with Crippen molar-refractivity contribution in [1.82, 2.24) is 4.72 Å². The molecule has 1 rings (SSSR count). The van der Waals surface area contributed by atoms with Crippen LogP contribution in [0.15, 0.2) is 29.2 Å². The number of thiocarbonyl (C=S) groups is 1. The van der Waals surface area contributed by atoms with Crippen LogP contribution in [0.25, 0.3) is 0 Å². The predicted molar refractivity (Wildman–Crippen MR) is 67.6 cm³/mol. The molecule has 0 aliphatic rings. The van der Waals surface area contributed by atoms with Crippen molar-refractivity contribution in [2.75, 3.05) is 0 Å². The average Bonchev–Trinajstić information content (AvgIpc) is 2.15. The monoisotopic (exact) mass is 276 g/mol. The second-order valence-electron chi connectivity index (χ2n) is 3.65. The topological polar surface area (TPSA) is 72.2 Å². The van der Waals surface area contributed by atoms with Crippen LogP contribution >= 0.6 is 12.2 Å². The zero-order chi connectivity index (χ0) is 13.1. The van der Waals surface area contributed by atoms with Crippen LogP contribution in [0, 0.1) is 5.82 Å². The van der Waals surface area contributed by atoms with Gasteiger partial charge in [0.15, 0.2) is 0 Å². The van der Waals surface area contributed by atoms with Crippen LogP contribution in [-0.2, 0) is 10.0 Å². The first-order chi connectivity index (χ1) is 7.81. The average molecular weight is 276 g/mol. The van der Waals surface area contributed by atoms with E-state index >= 15 is 0 Å². The molecule has 0 aromatic heterocycles. The predicted octanol–water partition coefficient (Wildman–Crippen LogP) is 1.17. The molecule has 1 aromatic carbocycles. The maximum Gasteiger partial charge on any atom is 0.240 e. The third kappa shape index (κ3) is 4.37. The highest BCUT2D eigenvalue weighted by molar-refractivity contribution is 7.89. The summed E-state index contributed by atoms with van der Waals surface area (Å²) in [6, 6.07) is 4.36. The lowest BCUT2D eigenvalue weighted by Gasteiger charge is -2.13. The second kappa shape index (κ2) is 5.52. The minimum Gasteiger partial charge on any atom is -0.393 e. The van der Waals surface area contributed by atoms with Gasteiger partial charge in [-0.05, 0) is 25.1 Å². The minimum absolute atomic E-state index is 0.118. The lowest BCUT2D eigenvalue weighted by atomic mass is 10.3. The molecule has 0 fully saturated rings. The lowest BCUT2D eigenvalue weighted by Crippen LogP contribution is -2.35. The second-order valence-corrected chi connectivity index (χ2v) is 5.89. The molecule has 4 nitrogen and oxygen atoms in total. The molecular weight excluding hydrogens is 263 g/mol. The summed E-state index contributed by atoms with van der Waals surface area (Å²) >= 11 is 4.68. The van der Waals surface area contributed by atoms with E-state index in [1.165, 1.54) is 18.2 Å². The minimum atomic E-state index is -3.73. The van der Waals surface area contributed by atoms with Gasteiger partial charge in [0.1, 0.15) is 5.82 Å². The van der Waals surface area contributed by atoms with Crippen molar-refractivity contribution in [2.24, 2.45) is 5.73 Å². The normalized spacial score (nSPS) is 13.3. The molecule has 0 saturated carbocycles. The Morgan fingerprint density at radius 1 is 1.59 bits per heavy atom. The molecule has 0 aliphatic heterocycles. The Labute approximate surface area is 105 Å². The van der Waals surface area contributed by atoms with Crippen molar-refractivity contribution >= 4 is 27.2 Å². The van der Waals surface area contributed by atoms with E-state index in [0.717, 1.165) is 6.07 Å². The van der Waals surface area contributed by atoms with E-state index in [2.05, 4.69) is 16.9 Å². The SMILES string of the molecule is CC(CC(N)=S)NS(=O)(=O)c1cccc(F)c1. The van der Waals surface area contributed by atoms with Crippen LogP contribution in [0.4, 0.5) is 4.39 Å². The molecule has 94 valence electrons. The van der Waals surface area contributed by atoms with Gasteiger partial charge in [-0.15, -0.1) is 0 Å². The van der Waals surface area contributed by atoms with Gasteiger partial charge in [-0.25, -0.2) is 17.5 Å². The zero-order valence-electron chi connectivity index (χ0n) is 9.18. The maximum atomic E-state index is 12.9. The molecule has 0 radical (unpaired) electrons. The van der Waals surface area contributed by atoms with Gasteiger partial charge < -0.3 is 5.73 Å². The lowest BCUT2D eigenvalue weighted by molar-refractivity contribution is 0.562. The molecular formula is C10H13FN2O2S2. The third-order valence-electron chi connectivity index (χ3n) is 1.97. The Bertz CT molecular complexity index is 517. The van der Waals surface area contributed by atoms with Crippen molar-refractivity contribution in [1.29, 1.82) is 0 Å². The number of sulfonamides is 1. The highest BCUT2D eigenvalue weighted by Crippen LogP contribution is 2.11. The number of nitrogens with one attached hydrogen (secondary N) is 1. The molecule has 0 spiro atoms. The number of benzene rings is 1. The summed E-state index contributed by atoms with van der Waals surface area (Å²) in [5, 5.41) is 0. The van der Waals surface area contributed by atoms with E-state index in [4.69, 9.17) is 5.73 Å². The molecule has 0 aliphatic carbocycles. The summed E-state index contributed by atoms with van der Waals surface area (Å²) in [5.74, 6) is -0.602. The highest BCUT2D eigenvalue weighted by atomic mass is 32.2. The standard InChI is InChI=1S/C10H13FN2O2S2/c1-7(5-10(12)16)13-17(14,15)9-4-2-3-8(11)6-9/h2-4,6-7,13H,5H2,1H3,(H2,12,16). The fourth-order valence-electron chi connectivity index (χ4n) is 1.31. The van der Waals surface area contributed by atoms with Crippen molar-refractivity contribution in [3.63, 3.8) is 0 Å². The Morgan fingerprint density at radius 2 is 2.24 bits per heavy atom. The van der Waals surface area contributed by atoms with Crippen molar-refractivity contribution < 1.29 is 12.8 Å². The van der Waals surface area contributed by atoms with Gasteiger partial charge in [-0.3, -0.25) is 0 Å². The fourth-order valence-corrected chi connectivity index (χ4v) is 2.84. The maximum absolute atomic E-state index is 12.9. The first kappa shape index (κ1) is 14.0. The van der Waals surface area contributed by atoms with Gasteiger partial charge >= 0.3 is 0 Å². The summed E-state index contributed by atoms with van der Waals surface area (Å²) in [6.07, 6.45) is 0.254. The summed E-state index contributed by atoms with van der Waals surface area (Å²) in [7, 11) is -3.73. The molecule has 0 amide bonds. The van der Waals surface area contributed by atoms with Crippen LogP contribution in [-0.4, -0.2) is 19.4 Å². The molecule has 1 unspecified atom stereocenters. The molecule has 3 N–H and O–H groups in total. The van der Waals surface area contributed by atoms with Gasteiger partial charge in [0.2, 0.25) is 10.0 Å². The van der Waals surface area contributed by atoms with Crippen LogP contribution < -0.4 is 10.5 Å². The van der Waals surface area contributed by atoms with Crippen LogP contribution in [0.3, 0.4) is 0 Å². The first-order valence-electron chi connectivity index (χ1n) is 4.87. The van der Waals surface area contributed by atoms with Crippen molar-refractivity contribution in [3.05, 3.63) is 30.1 Å². The molecule has 7 heteroatoms. The van der Waals surface area contributed by atoms with E-state index in [1.807, 2.05) is 0 Å². The van der Waals surface area contributed by atoms with Crippen LogP contribution in [0.5, 0.6) is 0 Å². The van der Waals surface area contributed by atoms with E-state index < -0.39 is 21.9 Å². The summed E-state index contributed by atoms with van der Waals surface area (Å²) < 4.78 is 38.9. The van der Waals surface area contributed by atoms with Gasteiger partial charge in [0, 0.05) is 12.5 Å². The summed E-state index contributed by atoms with van der Waals surface area (Å²) in [5.41, 5.74) is 5.31. The van der Waals surface area contributed by atoms with Gasteiger partial charge in [0.05, 0.1) is 9.88 Å². The van der Waals surface area contributed by atoms with E-state index in [0.29, 0.717) is 0 Å². The molecule has 0 bridgehead atoms. The summed E-state index contributed by atoms with van der Waals surface area (Å²) in [6.45, 7) is 1.63. The van der Waals surface area contributed by atoms with Crippen LogP contribution in [0.2, 0.25) is 0 Å². The Balaban J connectivity index is 2.86. The number of rotatable bonds is 5. The largest absolute Gasteiger partial charge is 0.393 e. The number of hydrogen-bond donors (Lipinski definition) is 2. The number of hydrogen-bond acceptors (Lipinski definition) is 3. The summed E-state index contributed by atoms with van der Waals surface area (Å²) in [4.78, 5) is 0.103. The van der Waals surface area contributed by atoms with Gasteiger partial charge in [0.25, 0.3) is 0 Å². The number of halogens is 1. The zero-order valence-corrected chi connectivity index (χ0v) is 10.8. The molecule has 1 aromatic rings. The van der Waals surface area contributed by atoms with Crippen LogP contribution in [0.1, 0.15) is 13.3 Å². The van der Waals surface area contributed by atoms with Crippen molar-refractivity contribution in [3.8, 4) is 0 Å². The van der Waals surface area contributed by atoms with Gasteiger partial charge in [-0.1, -0.05) is 18.3 Å².